The van der Waals surface area contributed by atoms with E-state index in [1.165, 1.54) is 31.2 Å². The second-order valence-electron chi connectivity index (χ2n) is 4.73. The maximum absolute atomic E-state index is 6.54. The highest BCUT2D eigenvalue weighted by Crippen LogP contribution is 2.39. The monoisotopic (exact) mass is 252 g/mol. The molecule has 1 saturated carbocycles. The third kappa shape index (κ3) is 3.16. The van der Waals surface area contributed by atoms with Crippen LogP contribution in [-0.4, -0.2) is 12.0 Å². The highest BCUT2D eigenvalue weighted by atomic mass is 35.5. The summed E-state index contributed by atoms with van der Waals surface area (Å²) in [5.74, 6) is 1.48. The molecular weight excluding hydrogens is 232 g/mol. The first-order chi connectivity index (χ1) is 8.33. The maximum Gasteiger partial charge on any atom is 0.122 e. The average molecular weight is 253 g/mol. The van der Waals surface area contributed by atoms with Crippen LogP contribution in [0, 0.1) is 0 Å². The van der Waals surface area contributed by atoms with Crippen LogP contribution in [-0.2, 0) is 0 Å². The number of ether oxygens (including phenoxy) is 1. The average Bonchev–Trinajstić information content (AvgIpc) is 2.55. The summed E-state index contributed by atoms with van der Waals surface area (Å²) in [6.07, 6.45) is 6.19. The van der Waals surface area contributed by atoms with Crippen LogP contribution in [0.25, 0.3) is 0 Å². The second-order valence-corrected chi connectivity index (χ2v) is 5.29. The first kappa shape index (κ1) is 12.8. The van der Waals surface area contributed by atoms with Gasteiger partial charge in [0.15, 0.2) is 0 Å². The Kier molecular flexibility index (Phi) is 4.73. The van der Waals surface area contributed by atoms with Gasteiger partial charge in [0.25, 0.3) is 0 Å². The van der Waals surface area contributed by atoms with Gasteiger partial charge in [-0.3, -0.25) is 0 Å². The molecule has 0 aliphatic heterocycles. The number of hydrogen-bond acceptors (Lipinski definition) is 1. The van der Waals surface area contributed by atoms with Gasteiger partial charge in [0, 0.05) is 11.3 Å². The Bertz CT molecular complexity index is 351. The quantitative estimate of drug-likeness (QED) is 0.558. The van der Waals surface area contributed by atoms with Crippen molar-refractivity contribution in [2.24, 2.45) is 0 Å². The smallest absolute Gasteiger partial charge is 0.122 e. The summed E-state index contributed by atoms with van der Waals surface area (Å²) < 4.78 is 5.72. The highest BCUT2D eigenvalue weighted by molar-refractivity contribution is 6.21. The van der Waals surface area contributed by atoms with Gasteiger partial charge in [0.2, 0.25) is 0 Å². The molecule has 0 radical (unpaired) electrons. The fourth-order valence-electron chi connectivity index (χ4n) is 2.69. The molecule has 0 amide bonds. The van der Waals surface area contributed by atoms with Crippen LogP contribution in [0.4, 0.5) is 0 Å². The van der Waals surface area contributed by atoms with E-state index in [0.717, 1.165) is 18.8 Å². The molecule has 0 aromatic heterocycles. The van der Waals surface area contributed by atoms with Crippen LogP contribution in [0.15, 0.2) is 24.3 Å². The summed E-state index contributed by atoms with van der Waals surface area (Å²) in [6.45, 7) is 2.75. The Morgan fingerprint density at radius 2 is 1.94 bits per heavy atom. The topological polar surface area (TPSA) is 9.23 Å². The zero-order valence-corrected chi connectivity index (χ0v) is 11.2. The van der Waals surface area contributed by atoms with E-state index in [-0.39, 0.29) is 5.38 Å². The summed E-state index contributed by atoms with van der Waals surface area (Å²) in [4.78, 5) is 0. The normalized spacial score (nSPS) is 25.3. The van der Waals surface area contributed by atoms with E-state index < -0.39 is 0 Å². The van der Waals surface area contributed by atoms with E-state index in [1.54, 1.807) is 0 Å². The molecule has 0 spiro atoms. The van der Waals surface area contributed by atoms with Crippen molar-refractivity contribution in [3.8, 4) is 5.75 Å². The third-order valence-corrected chi connectivity index (χ3v) is 4.07. The Morgan fingerprint density at radius 1 is 1.18 bits per heavy atom. The fraction of sp³-hybridized carbons (Fsp3) is 0.600. The summed E-state index contributed by atoms with van der Waals surface area (Å²) in [5.41, 5.74) is 1.30. The Labute approximate surface area is 109 Å². The van der Waals surface area contributed by atoms with Gasteiger partial charge in [-0.15, -0.1) is 11.6 Å². The molecule has 1 nitrogen and oxygen atoms in total. The number of hydrogen-bond donors (Lipinski definition) is 0. The third-order valence-electron chi connectivity index (χ3n) is 3.55. The maximum atomic E-state index is 6.54. The Morgan fingerprint density at radius 3 is 2.76 bits per heavy atom. The molecule has 0 heterocycles. The van der Waals surface area contributed by atoms with E-state index >= 15 is 0 Å². The Balaban J connectivity index is 2.24. The van der Waals surface area contributed by atoms with Gasteiger partial charge in [-0.25, -0.2) is 0 Å². The number of para-hydroxylation sites is 1. The lowest BCUT2D eigenvalue weighted by atomic mass is 9.90. The lowest BCUT2D eigenvalue weighted by molar-refractivity contribution is 0.332. The van der Waals surface area contributed by atoms with Crippen molar-refractivity contribution < 1.29 is 4.74 Å². The van der Waals surface area contributed by atoms with Crippen LogP contribution in [0.2, 0.25) is 0 Å². The minimum atomic E-state index is 0.263. The molecule has 2 heteroatoms. The number of rotatable bonds is 3. The first-order valence-corrected chi connectivity index (χ1v) is 7.12. The van der Waals surface area contributed by atoms with Crippen LogP contribution in [0.3, 0.4) is 0 Å². The van der Waals surface area contributed by atoms with Gasteiger partial charge in [-0.1, -0.05) is 37.5 Å². The molecule has 1 aromatic carbocycles. The summed E-state index contributed by atoms with van der Waals surface area (Å²) >= 11 is 6.54. The van der Waals surface area contributed by atoms with Crippen molar-refractivity contribution in [2.75, 3.05) is 6.61 Å². The van der Waals surface area contributed by atoms with Gasteiger partial charge < -0.3 is 4.74 Å². The molecule has 0 bridgehead atoms. The predicted octanol–water partition coefficient (Wildman–Crippen LogP) is 4.74. The van der Waals surface area contributed by atoms with Crippen molar-refractivity contribution in [3.05, 3.63) is 29.8 Å². The van der Waals surface area contributed by atoms with Crippen molar-refractivity contribution in [3.63, 3.8) is 0 Å². The van der Waals surface area contributed by atoms with Crippen LogP contribution in [0.1, 0.15) is 50.5 Å². The second kappa shape index (κ2) is 6.30. The van der Waals surface area contributed by atoms with Gasteiger partial charge in [0.05, 0.1) is 6.61 Å². The molecule has 1 aromatic rings. The predicted molar refractivity (Wildman–Crippen MR) is 73.1 cm³/mol. The van der Waals surface area contributed by atoms with Crippen LogP contribution >= 0.6 is 11.6 Å². The molecule has 17 heavy (non-hydrogen) atoms. The van der Waals surface area contributed by atoms with E-state index in [2.05, 4.69) is 18.2 Å². The minimum Gasteiger partial charge on any atom is -0.494 e. The highest BCUT2D eigenvalue weighted by Gasteiger charge is 2.25. The van der Waals surface area contributed by atoms with Crippen LogP contribution in [0.5, 0.6) is 5.75 Å². The molecule has 2 unspecified atom stereocenters. The zero-order valence-electron chi connectivity index (χ0n) is 10.5. The largest absolute Gasteiger partial charge is 0.494 e. The Hall–Kier alpha value is -0.690. The van der Waals surface area contributed by atoms with E-state index in [1.807, 2.05) is 13.0 Å². The summed E-state index contributed by atoms with van der Waals surface area (Å²) in [7, 11) is 0. The molecule has 2 rings (SSSR count). The van der Waals surface area contributed by atoms with Gasteiger partial charge >= 0.3 is 0 Å². The van der Waals surface area contributed by atoms with Crippen LogP contribution < -0.4 is 4.74 Å². The lowest BCUT2D eigenvalue weighted by Crippen LogP contribution is -2.12. The molecule has 1 aliphatic carbocycles. The van der Waals surface area contributed by atoms with Crippen molar-refractivity contribution in [1.82, 2.24) is 0 Å². The zero-order chi connectivity index (χ0) is 12.1. The standard InChI is InChI=1S/C15H21ClO/c1-2-17-15-11-7-6-9-13(15)12-8-4-3-5-10-14(12)16/h6-7,9,11-12,14H,2-5,8,10H2,1H3. The number of halogens is 1. The van der Waals surface area contributed by atoms with Crippen molar-refractivity contribution in [1.29, 1.82) is 0 Å². The summed E-state index contributed by atoms with van der Waals surface area (Å²) in [6, 6.07) is 8.37. The van der Waals surface area contributed by atoms with Crippen molar-refractivity contribution in [2.45, 2.75) is 50.3 Å². The minimum absolute atomic E-state index is 0.263. The molecule has 94 valence electrons. The van der Waals surface area contributed by atoms with E-state index in [0.29, 0.717) is 5.92 Å². The molecule has 0 N–H and O–H groups in total. The van der Waals surface area contributed by atoms with Crippen molar-refractivity contribution >= 4 is 11.6 Å². The number of alkyl halides is 1. The molecular formula is C15H21ClO. The van der Waals surface area contributed by atoms with E-state index in [9.17, 15) is 0 Å². The number of benzene rings is 1. The molecule has 1 aliphatic rings. The van der Waals surface area contributed by atoms with E-state index in [4.69, 9.17) is 16.3 Å². The lowest BCUT2D eigenvalue weighted by Gasteiger charge is -2.22. The van der Waals surface area contributed by atoms with Gasteiger partial charge in [0.1, 0.15) is 5.75 Å². The fourth-order valence-corrected chi connectivity index (χ4v) is 3.10. The van der Waals surface area contributed by atoms with Gasteiger partial charge in [-0.2, -0.15) is 0 Å². The van der Waals surface area contributed by atoms with Gasteiger partial charge in [-0.05, 0) is 31.4 Å². The molecule has 0 saturated heterocycles. The molecule has 2 atom stereocenters. The SMILES string of the molecule is CCOc1ccccc1C1CCCCCC1Cl. The first-order valence-electron chi connectivity index (χ1n) is 6.68. The summed E-state index contributed by atoms with van der Waals surface area (Å²) in [5, 5.41) is 0.263. The molecule has 1 fully saturated rings.